The lowest BCUT2D eigenvalue weighted by Crippen LogP contribution is -2.49. The summed E-state index contributed by atoms with van der Waals surface area (Å²) in [5.41, 5.74) is 0.821. The molecule has 0 aromatic heterocycles. The Kier molecular flexibility index (Phi) is 7.73. The molecule has 1 aliphatic heterocycles. The highest BCUT2D eigenvalue weighted by atomic mass is 79.9. The Morgan fingerprint density at radius 2 is 1.83 bits per heavy atom. The second-order valence-corrected chi connectivity index (χ2v) is 10.3. The average Bonchev–Trinajstić information content (AvgIpc) is 2.73. The number of anilines is 1. The predicted molar refractivity (Wildman–Crippen MR) is 120 cm³/mol. The van der Waals surface area contributed by atoms with Gasteiger partial charge in [-0.05, 0) is 36.8 Å². The fourth-order valence-electron chi connectivity index (χ4n) is 3.27. The highest BCUT2D eigenvalue weighted by Crippen LogP contribution is 2.22. The van der Waals surface area contributed by atoms with Crippen LogP contribution < -0.4 is 10.2 Å². The zero-order chi connectivity index (χ0) is 21.7. The molecule has 0 aliphatic carbocycles. The van der Waals surface area contributed by atoms with Crippen LogP contribution in [0, 0.1) is 5.82 Å². The summed E-state index contributed by atoms with van der Waals surface area (Å²) in [6, 6.07) is 11.4. The van der Waals surface area contributed by atoms with E-state index in [4.69, 9.17) is 11.6 Å². The molecule has 1 aliphatic rings. The number of benzene rings is 2. The van der Waals surface area contributed by atoms with E-state index in [9.17, 15) is 17.6 Å². The van der Waals surface area contributed by atoms with Gasteiger partial charge in [0.1, 0.15) is 5.82 Å². The monoisotopic (exact) mass is 517 g/mol. The highest BCUT2D eigenvalue weighted by Gasteiger charge is 2.27. The van der Waals surface area contributed by atoms with Gasteiger partial charge in [-0.3, -0.25) is 4.79 Å². The molecule has 6 nitrogen and oxygen atoms in total. The predicted octanol–water partition coefficient (Wildman–Crippen LogP) is 3.51. The number of carbonyl (C=O) groups is 1. The standard InChI is InChI=1S/C20H22BrClFN3O3S/c21-15-6-7-17(22)16(14-15)20(27)24-8-3-13-30(28,29)26-11-9-25(10-12-26)19-5-2-1-4-18(19)23/h1-2,4-7,14H,3,8-13H2,(H,24,27). The Morgan fingerprint density at radius 3 is 2.53 bits per heavy atom. The molecule has 2 aromatic rings. The van der Waals surface area contributed by atoms with Crippen LogP contribution in [0.5, 0.6) is 0 Å². The molecular formula is C20H22BrClFN3O3S. The van der Waals surface area contributed by atoms with E-state index >= 15 is 0 Å². The van der Waals surface area contributed by atoms with Crippen molar-refractivity contribution in [1.82, 2.24) is 9.62 Å². The van der Waals surface area contributed by atoms with E-state index in [1.54, 1.807) is 36.4 Å². The third-order valence-corrected chi connectivity index (χ3v) is 7.64. The van der Waals surface area contributed by atoms with Crippen molar-refractivity contribution < 1.29 is 17.6 Å². The van der Waals surface area contributed by atoms with Gasteiger partial charge < -0.3 is 10.2 Å². The van der Waals surface area contributed by atoms with Gasteiger partial charge in [0, 0.05) is 37.2 Å². The summed E-state index contributed by atoms with van der Waals surface area (Å²) in [7, 11) is -3.45. The number of para-hydroxylation sites is 1. The summed E-state index contributed by atoms with van der Waals surface area (Å²) < 4.78 is 41.3. The number of piperazine rings is 1. The molecule has 10 heteroatoms. The quantitative estimate of drug-likeness (QED) is 0.570. The third kappa shape index (κ3) is 5.72. The Morgan fingerprint density at radius 1 is 1.13 bits per heavy atom. The van der Waals surface area contributed by atoms with E-state index in [1.807, 2.05) is 4.90 Å². The Balaban J connectivity index is 1.46. The van der Waals surface area contributed by atoms with Gasteiger partial charge in [-0.2, -0.15) is 4.31 Å². The van der Waals surface area contributed by atoms with Gasteiger partial charge >= 0.3 is 0 Å². The van der Waals surface area contributed by atoms with Crippen molar-refractivity contribution in [3.05, 3.63) is 63.3 Å². The first-order chi connectivity index (χ1) is 14.3. The molecule has 0 spiro atoms. The topological polar surface area (TPSA) is 69.7 Å². The van der Waals surface area contributed by atoms with Crippen LogP contribution in [0.2, 0.25) is 5.02 Å². The van der Waals surface area contributed by atoms with Crippen molar-refractivity contribution in [2.75, 3.05) is 43.4 Å². The number of amides is 1. The minimum absolute atomic E-state index is 0.0702. The average molecular weight is 519 g/mol. The van der Waals surface area contributed by atoms with Crippen molar-refractivity contribution in [3.63, 3.8) is 0 Å². The maximum atomic E-state index is 13.9. The van der Waals surface area contributed by atoms with Crippen LogP contribution in [0.1, 0.15) is 16.8 Å². The first kappa shape index (κ1) is 23.0. The van der Waals surface area contributed by atoms with Crippen molar-refractivity contribution in [2.45, 2.75) is 6.42 Å². The largest absolute Gasteiger partial charge is 0.367 e. The fourth-order valence-corrected chi connectivity index (χ4v) is 5.32. The van der Waals surface area contributed by atoms with E-state index < -0.39 is 10.0 Å². The van der Waals surface area contributed by atoms with Crippen LogP contribution in [0.25, 0.3) is 0 Å². The van der Waals surface area contributed by atoms with Gasteiger partial charge in [0.2, 0.25) is 10.0 Å². The maximum absolute atomic E-state index is 13.9. The molecule has 0 radical (unpaired) electrons. The van der Waals surface area contributed by atoms with Gasteiger partial charge in [0.25, 0.3) is 5.91 Å². The van der Waals surface area contributed by atoms with E-state index in [0.29, 0.717) is 42.5 Å². The van der Waals surface area contributed by atoms with Gasteiger partial charge in [0.15, 0.2) is 0 Å². The van der Waals surface area contributed by atoms with Gasteiger partial charge in [-0.1, -0.05) is 39.7 Å². The molecule has 30 heavy (non-hydrogen) atoms. The molecule has 3 rings (SSSR count). The highest BCUT2D eigenvalue weighted by molar-refractivity contribution is 9.10. The molecule has 1 heterocycles. The number of hydrogen-bond donors (Lipinski definition) is 1. The normalized spacial score (nSPS) is 15.2. The minimum atomic E-state index is -3.45. The molecule has 0 unspecified atom stereocenters. The molecule has 0 bridgehead atoms. The Bertz CT molecular complexity index is 1010. The first-order valence-corrected chi connectivity index (χ1v) is 12.3. The molecule has 0 atom stereocenters. The fraction of sp³-hybridized carbons (Fsp3) is 0.350. The summed E-state index contributed by atoms with van der Waals surface area (Å²) in [6.45, 7) is 1.68. The van der Waals surface area contributed by atoms with E-state index in [-0.39, 0.29) is 30.4 Å². The lowest BCUT2D eigenvalue weighted by atomic mass is 10.2. The second kappa shape index (κ2) is 10.1. The minimum Gasteiger partial charge on any atom is -0.367 e. The summed E-state index contributed by atoms with van der Waals surface area (Å²) >= 11 is 9.32. The van der Waals surface area contributed by atoms with Crippen molar-refractivity contribution in [3.8, 4) is 0 Å². The van der Waals surface area contributed by atoms with Crippen molar-refractivity contribution in [1.29, 1.82) is 0 Å². The summed E-state index contributed by atoms with van der Waals surface area (Å²) in [4.78, 5) is 14.1. The smallest absolute Gasteiger partial charge is 0.252 e. The molecule has 1 fully saturated rings. The number of sulfonamides is 1. The molecule has 162 valence electrons. The summed E-state index contributed by atoms with van der Waals surface area (Å²) in [6.07, 6.45) is 0.285. The zero-order valence-electron chi connectivity index (χ0n) is 16.2. The number of nitrogens with zero attached hydrogens (tertiary/aromatic N) is 2. The van der Waals surface area contributed by atoms with Gasteiger partial charge in [-0.25, -0.2) is 12.8 Å². The second-order valence-electron chi connectivity index (χ2n) is 6.89. The van der Waals surface area contributed by atoms with Crippen molar-refractivity contribution >= 4 is 49.1 Å². The van der Waals surface area contributed by atoms with Crippen LogP contribution in [0.15, 0.2) is 46.9 Å². The maximum Gasteiger partial charge on any atom is 0.252 e. The zero-order valence-corrected chi connectivity index (χ0v) is 19.3. The summed E-state index contributed by atoms with van der Waals surface area (Å²) in [5, 5.41) is 3.03. The lowest BCUT2D eigenvalue weighted by Gasteiger charge is -2.35. The SMILES string of the molecule is O=C(NCCCS(=O)(=O)N1CCN(c2ccccc2F)CC1)c1cc(Br)ccc1Cl. The van der Waals surface area contributed by atoms with E-state index in [0.717, 1.165) is 4.47 Å². The van der Waals surface area contributed by atoms with E-state index in [1.165, 1.54) is 10.4 Å². The van der Waals surface area contributed by atoms with Crippen LogP contribution >= 0.6 is 27.5 Å². The summed E-state index contributed by atoms with van der Waals surface area (Å²) in [5.74, 6) is -0.730. The van der Waals surface area contributed by atoms with Crippen molar-refractivity contribution in [2.24, 2.45) is 0 Å². The Hall–Kier alpha value is -1.68. The van der Waals surface area contributed by atoms with Crippen LogP contribution in [-0.2, 0) is 10.0 Å². The number of halogens is 3. The molecule has 1 N–H and O–H groups in total. The number of hydrogen-bond acceptors (Lipinski definition) is 4. The van der Waals surface area contributed by atoms with Gasteiger partial charge in [0.05, 0.1) is 22.0 Å². The van der Waals surface area contributed by atoms with Crippen LogP contribution in [0.4, 0.5) is 10.1 Å². The molecular weight excluding hydrogens is 497 g/mol. The Labute approximate surface area is 189 Å². The number of carbonyl (C=O) groups excluding carboxylic acids is 1. The molecule has 1 amide bonds. The molecule has 0 saturated carbocycles. The third-order valence-electron chi connectivity index (χ3n) is 4.86. The number of nitrogens with one attached hydrogen (secondary N) is 1. The number of rotatable bonds is 7. The van der Waals surface area contributed by atoms with Crippen LogP contribution in [-0.4, -0.2) is 57.1 Å². The van der Waals surface area contributed by atoms with Gasteiger partial charge in [-0.15, -0.1) is 0 Å². The first-order valence-electron chi connectivity index (χ1n) is 9.48. The van der Waals surface area contributed by atoms with E-state index in [2.05, 4.69) is 21.2 Å². The lowest BCUT2D eigenvalue weighted by molar-refractivity contribution is 0.0953. The molecule has 1 saturated heterocycles. The molecule has 2 aromatic carbocycles. The van der Waals surface area contributed by atoms with Crippen LogP contribution in [0.3, 0.4) is 0 Å².